The lowest BCUT2D eigenvalue weighted by Crippen LogP contribution is -2.23. The van der Waals surface area contributed by atoms with E-state index in [0.29, 0.717) is 6.04 Å². The fraction of sp³-hybridized carbons (Fsp3) is 0.375. The van der Waals surface area contributed by atoms with Gasteiger partial charge in [-0.15, -0.1) is 0 Å². The Labute approximate surface area is 119 Å². The van der Waals surface area contributed by atoms with Crippen molar-refractivity contribution >= 4 is 11.6 Å². The second kappa shape index (κ2) is 6.78. The largest absolute Gasteiger partial charge is 0.469 e. The van der Waals surface area contributed by atoms with Crippen molar-refractivity contribution in [2.24, 2.45) is 0 Å². The van der Waals surface area contributed by atoms with Crippen LogP contribution < -0.4 is 5.32 Å². The summed E-state index contributed by atoms with van der Waals surface area (Å²) in [4.78, 5) is 0. The molecule has 1 N–H and O–H groups in total. The molecule has 2 rings (SSSR count). The molecule has 0 saturated carbocycles. The summed E-state index contributed by atoms with van der Waals surface area (Å²) >= 11 is 5.92. The van der Waals surface area contributed by atoms with Gasteiger partial charge in [0.1, 0.15) is 5.76 Å². The summed E-state index contributed by atoms with van der Waals surface area (Å²) in [7, 11) is 0. The first-order chi connectivity index (χ1) is 9.19. The van der Waals surface area contributed by atoms with Crippen molar-refractivity contribution in [3.05, 3.63) is 58.5 Å². The molecule has 1 aromatic heterocycles. The summed E-state index contributed by atoms with van der Waals surface area (Å²) in [6.07, 6.45) is 3.91. The fourth-order valence-electron chi connectivity index (χ4n) is 2.13. The number of halogens is 1. The maximum Gasteiger partial charge on any atom is 0.101 e. The average molecular weight is 278 g/mol. The van der Waals surface area contributed by atoms with E-state index in [2.05, 4.69) is 30.4 Å². The highest BCUT2D eigenvalue weighted by Crippen LogP contribution is 2.21. The Kier molecular flexibility index (Phi) is 5.06. The van der Waals surface area contributed by atoms with Gasteiger partial charge in [-0.05, 0) is 50.1 Å². The van der Waals surface area contributed by atoms with Gasteiger partial charge in [-0.1, -0.05) is 30.7 Å². The molecule has 0 fully saturated rings. The third kappa shape index (κ3) is 4.12. The van der Waals surface area contributed by atoms with E-state index in [4.69, 9.17) is 16.0 Å². The van der Waals surface area contributed by atoms with Crippen LogP contribution in [0.5, 0.6) is 0 Å². The number of aryl methyl sites for hydroxylation is 1. The van der Waals surface area contributed by atoms with Crippen LogP contribution in [-0.4, -0.2) is 6.54 Å². The Hall–Kier alpha value is -1.25. The topological polar surface area (TPSA) is 25.2 Å². The lowest BCUT2D eigenvalue weighted by atomic mass is 10.0. The molecule has 1 aromatic carbocycles. The minimum Gasteiger partial charge on any atom is -0.469 e. The fourth-order valence-corrected chi connectivity index (χ4v) is 2.26. The molecule has 3 heteroatoms. The molecular weight excluding hydrogens is 258 g/mol. The minimum atomic E-state index is 0.290. The molecular formula is C16H20ClNO. The molecule has 1 heterocycles. The normalized spacial score (nSPS) is 12.6. The Morgan fingerprint density at radius 1 is 1.26 bits per heavy atom. The van der Waals surface area contributed by atoms with Crippen LogP contribution >= 0.6 is 11.6 Å². The number of rotatable bonds is 6. The number of hydrogen-bond acceptors (Lipinski definition) is 2. The van der Waals surface area contributed by atoms with Gasteiger partial charge in [0.2, 0.25) is 0 Å². The third-order valence-electron chi connectivity index (χ3n) is 3.15. The smallest absolute Gasteiger partial charge is 0.101 e. The van der Waals surface area contributed by atoms with Crippen LogP contribution in [0.15, 0.2) is 41.0 Å². The number of hydrogen-bond donors (Lipinski definition) is 1. The maximum absolute atomic E-state index is 5.92. The first-order valence-corrected chi connectivity index (χ1v) is 7.09. The van der Waals surface area contributed by atoms with Gasteiger partial charge >= 0.3 is 0 Å². The predicted molar refractivity (Wildman–Crippen MR) is 79.6 cm³/mol. The lowest BCUT2D eigenvalue weighted by Gasteiger charge is -2.17. The first-order valence-electron chi connectivity index (χ1n) is 6.72. The van der Waals surface area contributed by atoms with Crippen molar-refractivity contribution in [1.82, 2.24) is 5.32 Å². The van der Waals surface area contributed by atoms with Crippen LogP contribution in [0.1, 0.15) is 36.3 Å². The molecule has 2 aromatic rings. The van der Waals surface area contributed by atoms with Crippen LogP contribution in [0.25, 0.3) is 0 Å². The summed E-state index contributed by atoms with van der Waals surface area (Å²) in [6.45, 7) is 5.15. The van der Waals surface area contributed by atoms with Gasteiger partial charge in [-0.3, -0.25) is 0 Å². The van der Waals surface area contributed by atoms with Crippen LogP contribution in [0, 0.1) is 6.92 Å². The molecule has 0 aliphatic carbocycles. The molecule has 0 aliphatic heterocycles. The van der Waals surface area contributed by atoms with E-state index in [0.717, 1.165) is 30.2 Å². The Morgan fingerprint density at radius 3 is 2.58 bits per heavy atom. The van der Waals surface area contributed by atoms with Crippen molar-refractivity contribution in [1.29, 1.82) is 0 Å². The van der Waals surface area contributed by atoms with E-state index in [1.54, 1.807) is 0 Å². The third-order valence-corrected chi connectivity index (χ3v) is 3.40. The van der Waals surface area contributed by atoms with E-state index in [-0.39, 0.29) is 0 Å². The highest BCUT2D eigenvalue weighted by Gasteiger charge is 2.13. The standard InChI is InChI=1S/C16H20ClNO/c1-3-8-18-16(14-9-12(2)19-11-14)10-13-4-6-15(17)7-5-13/h4-7,9,11,16,18H,3,8,10H2,1-2H3. The SMILES string of the molecule is CCCNC(Cc1ccc(Cl)cc1)c1coc(C)c1. The van der Waals surface area contributed by atoms with Gasteiger partial charge in [0.15, 0.2) is 0 Å². The zero-order chi connectivity index (χ0) is 13.7. The predicted octanol–water partition coefficient (Wildman–Crippen LogP) is 4.52. The van der Waals surface area contributed by atoms with E-state index >= 15 is 0 Å². The summed E-state index contributed by atoms with van der Waals surface area (Å²) in [5.74, 6) is 0.953. The van der Waals surface area contributed by atoms with E-state index < -0.39 is 0 Å². The molecule has 1 atom stereocenters. The van der Waals surface area contributed by atoms with Crippen molar-refractivity contribution < 1.29 is 4.42 Å². The van der Waals surface area contributed by atoms with Crippen LogP contribution in [0.2, 0.25) is 5.02 Å². The van der Waals surface area contributed by atoms with Gasteiger partial charge in [0, 0.05) is 16.6 Å². The zero-order valence-electron chi connectivity index (χ0n) is 11.4. The molecule has 19 heavy (non-hydrogen) atoms. The van der Waals surface area contributed by atoms with E-state index in [1.165, 1.54) is 11.1 Å². The molecule has 0 spiro atoms. The van der Waals surface area contributed by atoms with E-state index in [9.17, 15) is 0 Å². The highest BCUT2D eigenvalue weighted by atomic mass is 35.5. The van der Waals surface area contributed by atoms with Gasteiger partial charge in [0.25, 0.3) is 0 Å². The molecule has 2 nitrogen and oxygen atoms in total. The highest BCUT2D eigenvalue weighted by molar-refractivity contribution is 6.30. The number of furan rings is 1. The summed E-state index contributed by atoms with van der Waals surface area (Å²) in [5.41, 5.74) is 2.48. The van der Waals surface area contributed by atoms with Crippen molar-refractivity contribution in [3.63, 3.8) is 0 Å². The van der Waals surface area contributed by atoms with Crippen molar-refractivity contribution in [3.8, 4) is 0 Å². The van der Waals surface area contributed by atoms with Crippen molar-refractivity contribution in [2.45, 2.75) is 32.7 Å². The molecule has 0 radical (unpaired) electrons. The lowest BCUT2D eigenvalue weighted by molar-refractivity contribution is 0.503. The second-order valence-corrected chi connectivity index (χ2v) is 5.26. The quantitative estimate of drug-likeness (QED) is 0.839. The summed E-state index contributed by atoms with van der Waals surface area (Å²) in [6, 6.07) is 10.4. The minimum absolute atomic E-state index is 0.290. The average Bonchev–Trinajstić information content (AvgIpc) is 2.83. The van der Waals surface area contributed by atoms with Crippen LogP contribution in [0.3, 0.4) is 0 Å². The van der Waals surface area contributed by atoms with Gasteiger partial charge in [0.05, 0.1) is 6.26 Å². The van der Waals surface area contributed by atoms with Crippen LogP contribution in [-0.2, 0) is 6.42 Å². The van der Waals surface area contributed by atoms with Crippen LogP contribution in [0.4, 0.5) is 0 Å². The number of benzene rings is 1. The van der Waals surface area contributed by atoms with E-state index in [1.807, 2.05) is 25.3 Å². The Bertz CT molecular complexity index is 504. The second-order valence-electron chi connectivity index (χ2n) is 4.83. The van der Waals surface area contributed by atoms with Gasteiger partial charge < -0.3 is 9.73 Å². The van der Waals surface area contributed by atoms with Gasteiger partial charge in [-0.25, -0.2) is 0 Å². The molecule has 0 bridgehead atoms. The molecule has 0 aliphatic rings. The summed E-state index contributed by atoms with van der Waals surface area (Å²) < 4.78 is 5.42. The molecule has 0 saturated heterocycles. The maximum atomic E-state index is 5.92. The first kappa shape index (κ1) is 14.2. The van der Waals surface area contributed by atoms with Gasteiger partial charge in [-0.2, -0.15) is 0 Å². The Balaban J connectivity index is 2.11. The number of nitrogens with one attached hydrogen (secondary N) is 1. The molecule has 0 amide bonds. The van der Waals surface area contributed by atoms with Crippen molar-refractivity contribution in [2.75, 3.05) is 6.54 Å². The monoisotopic (exact) mass is 277 g/mol. The Morgan fingerprint density at radius 2 is 2.00 bits per heavy atom. The molecule has 1 unspecified atom stereocenters. The zero-order valence-corrected chi connectivity index (χ0v) is 12.2. The summed E-state index contributed by atoms with van der Waals surface area (Å²) in [5, 5.41) is 4.35. The molecule has 102 valence electrons.